The highest BCUT2D eigenvalue weighted by atomic mass is 32.2. The van der Waals surface area contributed by atoms with Gasteiger partial charge in [0.15, 0.2) is 0 Å². The summed E-state index contributed by atoms with van der Waals surface area (Å²) < 4.78 is 37.7. The van der Waals surface area contributed by atoms with Crippen molar-refractivity contribution in [2.45, 2.75) is 24.7 Å². The molecule has 0 spiro atoms. The summed E-state index contributed by atoms with van der Waals surface area (Å²) in [5.74, 6) is 0.593. The lowest BCUT2D eigenvalue weighted by atomic mass is 10.2. The molecule has 0 aromatic heterocycles. The van der Waals surface area contributed by atoms with E-state index in [0.717, 1.165) is 11.3 Å². The second-order valence-electron chi connectivity index (χ2n) is 6.86. The highest BCUT2D eigenvalue weighted by Crippen LogP contribution is 2.21. The minimum absolute atomic E-state index is 0.167. The van der Waals surface area contributed by atoms with Gasteiger partial charge < -0.3 is 14.8 Å². The van der Waals surface area contributed by atoms with Gasteiger partial charge in [0.25, 0.3) is 0 Å². The number of hydrogen-bond donors (Lipinski definition) is 1. The van der Waals surface area contributed by atoms with Gasteiger partial charge in [-0.05, 0) is 43.7 Å². The van der Waals surface area contributed by atoms with E-state index in [0.29, 0.717) is 45.0 Å². The topological polar surface area (TPSA) is 84.9 Å². The van der Waals surface area contributed by atoms with Crippen molar-refractivity contribution in [3.05, 3.63) is 54.1 Å². The number of anilines is 1. The maximum Gasteiger partial charge on any atom is 0.243 e. The number of aryl methyl sites for hydroxylation is 1. The molecule has 2 aromatic rings. The monoisotopic (exact) mass is 418 g/mol. The van der Waals surface area contributed by atoms with Crippen LogP contribution in [0.25, 0.3) is 0 Å². The minimum Gasteiger partial charge on any atom is -0.494 e. The van der Waals surface area contributed by atoms with Crippen molar-refractivity contribution in [3.8, 4) is 5.75 Å². The molecular formula is C21H26N2O5S. The number of morpholine rings is 1. The van der Waals surface area contributed by atoms with Crippen molar-refractivity contribution in [3.63, 3.8) is 0 Å². The van der Waals surface area contributed by atoms with E-state index in [4.69, 9.17) is 9.47 Å². The van der Waals surface area contributed by atoms with E-state index in [1.165, 1.54) is 16.4 Å². The van der Waals surface area contributed by atoms with Crippen LogP contribution in [0, 0.1) is 6.92 Å². The lowest BCUT2D eigenvalue weighted by Gasteiger charge is -2.26. The second-order valence-corrected chi connectivity index (χ2v) is 8.80. The quantitative estimate of drug-likeness (QED) is 0.667. The molecule has 2 aromatic carbocycles. The van der Waals surface area contributed by atoms with Crippen LogP contribution in [-0.4, -0.2) is 51.5 Å². The first kappa shape index (κ1) is 21.3. The summed E-state index contributed by atoms with van der Waals surface area (Å²) in [6.07, 6.45) is 0.845. The lowest BCUT2D eigenvalue weighted by Crippen LogP contribution is -2.40. The maximum atomic E-state index is 12.7. The molecule has 1 N–H and O–H groups in total. The van der Waals surface area contributed by atoms with E-state index in [1.807, 2.05) is 31.2 Å². The number of carbonyl (C=O) groups is 1. The third-order valence-corrected chi connectivity index (χ3v) is 6.46. The first-order chi connectivity index (χ1) is 13.9. The van der Waals surface area contributed by atoms with Gasteiger partial charge in [0.1, 0.15) is 5.75 Å². The molecule has 0 radical (unpaired) electrons. The van der Waals surface area contributed by atoms with Crippen LogP contribution in [0.4, 0.5) is 5.69 Å². The Morgan fingerprint density at radius 2 is 1.86 bits per heavy atom. The molecule has 0 saturated carbocycles. The van der Waals surface area contributed by atoms with E-state index in [9.17, 15) is 13.2 Å². The fraction of sp³-hybridized carbons (Fsp3) is 0.381. The number of nitrogens with one attached hydrogen (secondary N) is 1. The maximum absolute atomic E-state index is 12.7. The van der Waals surface area contributed by atoms with E-state index < -0.39 is 10.0 Å². The Morgan fingerprint density at radius 3 is 2.59 bits per heavy atom. The van der Waals surface area contributed by atoms with Crippen LogP contribution in [0.1, 0.15) is 18.4 Å². The number of ether oxygens (including phenoxy) is 2. The normalized spacial score (nSPS) is 15.1. The van der Waals surface area contributed by atoms with Crippen molar-refractivity contribution in [1.29, 1.82) is 0 Å². The smallest absolute Gasteiger partial charge is 0.243 e. The Bertz CT molecular complexity index is 922. The van der Waals surface area contributed by atoms with Crippen LogP contribution in [0.3, 0.4) is 0 Å². The fourth-order valence-electron chi connectivity index (χ4n) is 2.95. The van der Waals surface area contributed by atoms with E-state index in [1.54, 1.807) is 12.1 Å². The highest BCUT2D eigenvalue weighted by molar-refractivity contribution is 7.89. The molecule has 7 nitrogen and oxygen atoms in total. The second kappa shape index (κ2) is 9.87. The van der Waals surface area contributed by atoms with Gasteiger partial charge in [-0.3, -0.25) is 4.79 Å². The third-order valence-electron chi connectivity index (χ3n) is 4.56. The predicted molar refractivity (Wildman–Crippen MR) is 111 cm³/mol. The molecule has 0 aliphatic carbocycles. The summed E-state index contributed by atoms with van der Waals surface area (Å²) in [7, 11) is -3.59. The van der Waals surface area contributed by atoms with Gasteiger partial charge in [0.05, 0.1) is 24.7 Å². The Morgan fingerprint density at radius 1 is 1.14 bits per heavy atom. The van der Waals surface area contributed by atoms with Crippen LogP contribution in [0.5, 0.6) is 5.75 Å². The Kier molecular flexibility index (Phi) is 7.24. The number of carbonyl (C=O) groups excluding carboxylic acids is 1. The molecule has 0 bridgehead atoms. The molecule has 29 heavy (non-hydrogen) atoms. The fourth-order valence-corrected chi connectivity index (χ4v) is 4.41. The van der Waals surface area contributed by atoms with Gasteiger partial charge >= 0.3 is 0 Å². The molecule has 1 saturated heterocycles. The zero-order chi connectivity index (χ0) is 20.7. The Hall–Kier alpha value is -2.42. The zero-order valence-corrected chi connectivity index (χ0v) is 17.3. The number of amides is 1. The van der Waals surface area contributed by atoms with Crippen molar-refractivity contribution >= 4 is 21.6 Å². The molecule has 1 aliphatic heterocycles. The molecule has 8 heteroatoms. The van der Waals surface area contributed by atoms with Crippen LogP contribution >= 0.6 is 0 Å². The first-order valence-corrected chi connectivity index (χ1v) is 11.1. The van der Waals surface area contributed by atoms with Crippen molar-refractivity contribution in [1.82, 2.24) is 4.31 Å². The molecule has 156 valence electrons. The molecule has 1 fully saturated rings. The molecule has 1 heterocycles. The summed E-state index contributed by atoms with van der Waals surface area (Å²) in [6.45, 7) is 3.89. The Labute approximate surface area is 171 Å². The van der Waals surface area contributed by atoms with Crippen molar-refractivity contribution in [2.75, 3.05) is 38.2 Å². The molecule has 0 unspecified atom stereocenters. The number of rotatable bonds is 8. The van der Waals surface area contributed by atoms with Gasteiger partial charge in [0.2, 0.25) is 15.9 Å². The standard InChI is InChI=1S/C21H26N2O5S/c1-17-7-9-19(10-8-17)28-13-3-6-21(24)22-18-4-2-5-20(16-18)29(25,26)23-11-14-27-15-12-23/h2,4-5,7-10,16H,3,6,11-15H2,1H3,(H,22,24). The summed E-state index contributed by atoms with van der Waals surface area (Å²) in [5.41, 5.74) is 1.62. The number of hydrogen-bond acceptors (Lipinski definition) is 5. The zero-order valence-electron chi connectivity index (χ0n) is 16.5. The summed E-state index contributed by atoms with van der Waals surface area (Å²) in [4.78, 5) is 12.4. The molecule has 1 amide bonds. The molecular weight excluding hydrogens is 392 g/mol. The third kappa shape index (κ3) is 6.03. The summed E-state index contributed by atoms with van der Waals surface area (Å²) in [6, 6.07) is 14.1. The van der Waals surface area contributed by atoms with Crippen LogP contribution in [-0.2, 0) is 19.6 Å². The number of benzene rings is 2. The highest BCUT2D eigenvalue weighted by Gasteiger charge is 2.26. The van der Waals surface area contributed by atoms with E-state index in [2.05, 4.69) is 5.32 Å². The molecule has 3 rings (SSSR count). The lowest BCUT2D eigenvalue weighted by molar-refractivity contribution is -0.116. The van der Waals surface area contributed by atoms with E-state index in [-0.39, 0.29) is 17.2 Å². The van der Waals surface area contributed by atoms with E-state index >= 15 is 0 Å². The average molecular weight is 419 g/mol. The summed E-state index contributed by atoms with van der Waals surface area (Å²) in [5, 5.41) is 2.76. The van der Waals surface area contributed by atoms with Gasteiger partial charge in [0, 0.05) is 25.2 Å². The van der Waals surface area contributed by atoms with Crippen molar-refractivity contribution in [2.24, 2.45) is 0 Å². The Balaban J connectivity index is 1.50. The van der Waals surface area contributed by atoms with Gasteiger partial charge in [-0.2, -0.15) is 4.31 Å². The van der Waals surface area contributed by atoms with Crippen LogP contribution in [0.2, 0.25) is 0 Å². The number of nitrogens with zero attached hydrogens (tertiary/aromatic N) is 1. The van der Waals surface area contributed by atoms with Crippen LogP contribution in [0.15, 0.2) is 53.4 Å². The number of sulfonamides is 1. The minimum atomic E-state index is -3.59. The largest absolute Gasteiger partial charge is 0.494 e. The first-order valence-electron chi connectivity index (χ1n) is 9.62. The SMILES string of the molecule is Cc1ccc(OCCCC(=O)Nc2cccc(S(=O)(=O)N3CCOCC3)c2)cc1. The molecule has 1 aliphatic rings. The van der Waals surface area contributed by atoms with Gasteiger partial charge in [-0.1, -0.05) is 23.8 Å². The van der Waals surface area contributed by atoms with Gasteiger partial charge in [-0.15, -0.1) is 0 Å². The van der Waals surface area contributed by atoms with Gasteiger partial charge in [-0.25, -0.2) is 8.42 Å². The summed E-state index contributed by atoms with van der Waals surface area (Å²) >= 11 is 0. The average Bonchev–Trinajstić information content (AvgIpc) is 2.73. The van der Waals surface area contributed by atoms with Crippen LogP contribution < -0.4 is 10.1 Å². The van der Waals surface area contributed by atoms with Crippen molar-refractivity contribution < 1.29 is 22.7 Å². The predicted octanol–water partition coefficient (Wildman–Crippen LogP) is 2.81. The molecule has 0 atom stereocenters.